The molecule has 0 bridgehead atoms. The van der Waals surface area contributed by atoms with Crippen LogP contribution < -0.4 is 15.0 Å². The Kier molecular flexibility index (Phi) is 7.34. The van der Waals surface area contributed by atoms with Gasteiger partial charge in [-0.05, 0) is 48.1 Å². The largest absolute Gasteiger partial charge is 0.497 e. The highest BCUT2D eigenvalue weighted by Gasteiger charge is 2.35. The summed E-state index contributed by atoms with van der Waals surface area (Å²) in [5.41, 5.74) is 2.20. The number of benzene rings is 3. The van der Waals surface area contributed by atoms with E-state index in [0.717, 1.165) is 28.4 Å². The fraction of sp³-hybridized carbons (Fsp3) is 0.321. The smallest absolute Gasteiger partial charge is 0.259 e. The van der Waals surface area contributed by atoms with Crippen LogP contribution in [0.1, 0.15) is 42.6 Å². The Morgan fingerprint density at radius 1 is 1.03 bits per heavy atom. The Labute approximate surface area is 205 Å². The number of nitrogens with zero attached hydrogens (tertiary/aromatic N) is 2. The predicted molar refractivity (Wildman–Crippen MR) is 137 cm³/mol. The number of methoxy groups -OCH3 is 1. The molecule has 182 valence electrons. The lowest BCUT2D eigenvalue weighted by atomic mass is 10.1. The van der Waals surface area contributed by atoms with E-state index in [0.29, 0.717) is 24.3 Å². The van der Waals surface area contributed by atoms with E-state index in [1.165, 1.54) is 4.90 Å². The average molecular weight is 474 g/mol. The number of anilines is 1. The molecule has 1 aliphatic rings. The zero-order valence-corrected chi connectivity index (χ0v) is 20.4. The highest BCUT2D eigenvalue weighted by Crippen LogP contribution is 2.37. The zero-order chi connectivity index (χ0) is 24.9. The van der Waals surface area contributed by atoms with Crippen molar-refractivity contribution in [2.24, 2.45) is 0 Å². The molecule has 1 heterocycles. The molecular formula is C28H31N3O4. The van der Waals surface area contributed by atoms with Crippen molar-refractivity contribution in [1.82, 2.24) is 10.2 Å². The third kappa shape index (κ3) is 4.85. The molecule has 3 aromatic carbocycles. The van der Waals surface area contributed by atoms with Crippen molar-refractivity contribution < 1.29 is 19.1 Å². The van der Waals surface area contributed by atoms with Gasteiger partial charge in [0.25, 0.3) is 5.91 Å². The fourth-order valence-corrected chi connectivity index (χ4v) is 4.58. The molecule has 1 aliphatic heterocycles. The van der Waals surface area contributed by atoms with Gasteiger partial charge in [0.05, 0.1) is 12.8 Å². The Morgan fingerprint density at radius 2 is 1.74 bits per heavy atom. The molecule has 7 nitrogen and oxygen atoms in total. The molecule has 0 saturated carbocycles. The normalized spacial score (nSPS) is 13.1. The minimum Gasteiger partial charge on any atom is -0.497 e. The van der Waals surface area contributed by atoms with Gasteiger partial charge in [-0.3, -0.25) is 19.3 Å². The van der Waals surface area contributed by atoms with Gasteiger partial charge in [0.15, 0.2) is 0 Å². The summed E-state index contributed by atoms with van der Waals surface area (Å²) >= 11 is 0. The summed E-state index contributed by atoms with van der Waals surface area (Å²) in [5, 5.41) is 4.75. The second-order valence-corrected chi connectivity index (χ2v) is 8.66. The topological polar surface area (TPSA) is 79.0 Å². The minimum absolute atomic E-state index is 0.139. The molecule has 3 amide bonds. The average Bonchev–Trinajstić information content (AvgIpc) is 3.15. The van der Waals surface area contributed by atoms with Crippen molar-refractivity contribution in [3.63, 3.8) is 0 Å². The van der Waals surface area contributed by atoms with Crippen molar-refractivity contribution in [2.75, 3.05) is 25.1 Å². The maximum Gasteiger partial charge on any atom is 0.259 e. The molecule has 1 atom stereocenters. The molecule has 0 fully saturated rings. The summed E-state index contributed by atoms with van der Waals surface area (Å²) in [4.78, 5) is 43.1. The summed E-state index contributed by atoms with van der Waals surface area (Å²) in [7, 11) is 1.60. The highest BCUT2D eigenvalue weighted by molar-refractivity contribution is 6.26. The number of nitrogens with one attached hydrogen (secondary N) is 1. The van der Waals surface area contributed by atoms with Crippen molar-refractivity contribution >= 4 is 34.2 Å². The van der Waals surface area contributed by atoms with Gasteiger partial charge >= 0.3 is 0 Å². The van der Waals surface area contributed by atoms with Crippen LogP contribution in [-0.4, -0.2) is 48.9 Å². The van der Waals surface area contributed by atoms with Crippen LogP contribution in [0.4, 0.5) is 5.69 Å². The molecule has 0 aromatic heterocycles. The summed E-state index contributed by atoms with van der Waals surface area (Å²) in [6, 6.07) is 18.1. The van der Waals surface area contributed by atoms with Crippen molar-refractivity contribution in [3.05, 3.63) is 71.8 Å². The number of hydrogen-bond donors (Lipinski definition) is 1. The van der Waals surface area contributed by atoms with Crippen molar-refractivity contribution in [2.45, 2.75) is 39.3 Å². The molecule has 0 aliphatic carbocycles. The zero-order valence-electron chi connectivity index (χ0n) is 20.4. The molecule has 0 saturated heterocycles. The van der Waals surface area contributed by atoms with E-state index in [-0.39, 0.29) is 30.8 Å². The molecule has 7 heteroatoms. The Balaban J connectivity index is 1.63. The maximum atomic E-state index is 13.7. The van der Waals surface area contributed by atoms with Crippen LogP contribution in [0.5, 0.6) is 5.75 Å². The van der Waals surface area contributed by atoms with Gasteiger partial charge in [0.2, 0.25) is 11.8 Å². The first-order valence-electron chi connectivity index (χ1n) is 12.0. The van der Waals surface area contributed by atoms with Gasteiger partial charge in [-0.15, -0.1) is 0 Å². The van der Waals surface area contributed by atoms with E-state index in [4.69, 9.17) is 4.74 Å². The van der Waals surface area contributed by atoms with Crippen molar-refractivity contribution in [1.29, 1.82) is 0 Å². The molecule has 0 unspecified atom stereocenters. The van der Waals surface area contributed by atoms with Gasteiger partial charge in [-0.2, -0.15) is 0 Å². The predicted octanol–water partition coefficient (Wildman–Crippen LogP) is 4.14. The second kappa shape index (κ2) is 10.6. The van der Waals surface area contributed by atoms with Crippen LogP contribution in [0.25, 0.3) is 10.8 Å². The lowest BCUT2D eigenvalue weighted by Crippen LogP contribution is -2.52. The fourth-order valence-electron chi connectivity index (χ4n) is 4.58. The first kappa shape index (κ1) is 24.3. The monoisotopic (exact) mass is 473 g/mol. The molecular weight excluding hydrogens is 442 g/mol. The number of carbonyl (C=O) groups is 3. The highest BCUT2D eigenvalue weighted by atomic mass is 16.5. The summed E-state index contributed by atoms with van der Waals surface area (Å²) < 4.78 is 5.24. The molecule has 4 rings (SSSR count). The van der Waals surface area contributed by atoms with Crippen LogP contribution in [0.3, 0.4) is 0 Å². The number of hydrogen-bond acceptors (Lipinski definition) is 4. The Morgan fingerprint density at radius 3 is 2.40 bits per heavy atom. The minimum atomic E-state index is -0.646. The second-order valence-electron chi connectivity index (χ2n) is 8.66. The van der Waals surface area contributed by atoms with Crippen LogP contribution in [0.2, 0.25) is 0 Å². The Hall–Kier alpha value is -3.87. The van der Waals surface area contributed by atoms with E-state index in [9.17, 15) is 14.4 Å². The Bertz CT molecular complexity index is 1230. The standard InChI is InChI=1S/C28H31N3O4/c1-4-16-29-27(33)23(5-2)30(17-19-12-14-21(35-3)15-13-19)25(32)18-31-24-11-7-9-20-8-6-10-22(26(20)24)28(31)34/h6-15,23H,4-5,16-18H2,1-3H3,(H,29,33)/t23-/m1/s1. The quantitative estimate of drug-likeness (QED) is 0.480. The van der Waals surface area contributed by atoms with E-state index in [2.05, 4.69) is 5.32 Å². The summed E-state index contributed by atoms with van der Waals surface area (Å²) in [6.07, 6.45) is 1.26. The van der Waals surface area contributed by atoms with Crippen LogP contribution in [0, 0.1) is 0 Å². The summed E-state index contributed by atoms with van der Waals surface area (Å²) in [5.74, 6) is 0.0535. The van der Waals surface area contributed by atoms with E-state index in [1.54, 1.807) is 18.1 Å². The van der Waals surface area contributed by atoms with Gasteiger partial charge < -0.3 is 15.0 Å². The van der Waals surface area contributed by atoms with Crippen LogP contribution in [0.15, 0.2) is 60.7 Å². The maximum absolute atomic E-state index is 13.7. The summed E-state index contributed by atoms with van der Waals surface area (Å²) in [6.45, 7) is 4.53. The number of amides is 3. The first-order chi connectivity index (χ1) is 17.0. The molecule has 3 aromatic rings. The third-order valence-electron chi connectivity index (χ3n) is 6.39. The number of rotatable bonds is 10. The van der Waals surface area contributed by atoms with Crippen molar-refractivity contribution in [3.8, 4) is 5.75 Å². The third-order valence-corrected chi connectivity index (χ3v) is 6.39. The number of ether oxygens (including phenoxy) is 1. The van der Waals surface area contributed by atoms with E-state index < -0.39 is 6.04 Å². The van der Waals surface area contributed by atoms with Gasteiger partial charge in [-0.1, -0.05) is 50.2 Å². The SMILES string of the molecule is CCCNC(=O)[C@@H](CC)N(Cc1ccc(OC)cc1)C(=O)CN1C(=O)c2cccc3cccc1c23. The lowest BCUT2D eigenvalue weighted by Gasteiger charge is -2.32. The molecule has 1 N–H and O–H groups in total. The molecule has 35 heavy (non-hydrogen) atoms. The molecule has 0 spiro atoms. The first-order valence-corrected chi connectivity index (χ1v) is 12.0. The van der Waals surface area contributed by atoms with Crippen LogP contribution >= 0.6 is 0 Å². The van der Waals surface area contributed by atoms with Gasteiger partial charge in [-0.25, -0.2) is 0 Å². The van der Waals surface area contributed by atoms with E-state index >= 15 is 0 Å². The lowest BCUT2D eigenvalue weighted by molar-refractivity contribution is -0.140. The van der Waals surface area contributed by atoms with Crippen LogP contribution in [-0.2, 0) is 16.1 Å². The number of carbonyl (C=O) groups excluding carboxylic acids is 3. The van der Waals surface area contributed by atoms with E-state index in [1.807, 2.05) is 68.4 Å². The van der Waals surface area contributed by atoms with Gasteiger partial charge in [0, 0.05) is 24.0 Å². The van der Waals surface area contributed by atoms with Gasteiger partial charge in [0.1, 0.15) is 18.3 Å². The molecule has 0 radical (unpaired) electrons.